The van der Waals surface area contributed by atoms with Crippen LogP contribution in [0.3, 0.4) is 0 Å². The number of nitrogens with two attached hydrogens (primary N) is 1. The number of aliphatic hydroxyl groups excluding tert-OH is 1. The molecule has 0 saturated heterocycles. The molecule has 0 aromatic rings. The topological polar surface area (TPSA) is 101 Å². The summed E-state index contributed by atoms with van der Waals surface area (Å²) in [5, 5.41) is 8.64. The maximum atomic E-state index is 10.6. The third-order valence-electron chi connectivity index (χ3n) is 0.876. The van der Waals surface area contributed by atoms with E-state index < -0.39 is 19.0 Å². The molecule has 0 heterocycles. The van der Waals surface area contributed by atoms with Gasteiger partial charge in [0, 0.05) is 12.8 Å². The first kappa shape index (κ1) is 10.2. The number of allylic oxidation sites excluding steroid dienone is 1. The lowest BCUT2D eigenvalue weighted by atomic mass is 10.4. The molecule has 0 aromatic heterocycles. The Bertz CT molecular complexity index is 229. The molecule has 0 saturated carbocycles. The van der Waals surface area contributed by atoms with Crippen molar-refractivity contribution >= 4 is 13.3 Å². The summed E-state index contributed by atoms with van der Waals surface area (Å²) in [6.45, 7) is 1.12. The van der Waals surface area contributed by atoms with Crippen molar-refractivity contribution in [3.63, 3.8) is 0 Å². The summed E-state index contributed by atoms with van der Waals surface area (Å²) in [5.74, 6) is -1.68. The highest BCUT2D eigenvalue weighted by Gasteiger charge is 2.09. The van der Waals surface area contributed by atoms with Crippen molar-refractivity contribution < 1.29 is 19.4 Å². The number of hydrogen-bond donors (Lipinski definition) is 3. The van der Waals surface area contributed by atoms with E-state index >= 15 is 0 Å². The zero-order valence-electron chi connectivity index (χ0n) is 6.02. The first-order valence-electron chi connectivity index (χ1n) is 2.81. The van der Waals surface area contributed by atoms with Gasteiger partial charge in [0.05, 0.1) is 0 Å². The predicted octanol–water partition coefficient (Wildman–Crippen LogP) is -0.186. The van der Waals surface area contributed by atoms with Crippen LogP contribution in [0.4, 0.5) is 0 Å². The van der Waals surface area contributed by atoms with Gasteiger partial charge in [-0.2, -0.15) is 0 Å². The van der Waals surface area contributed by atoms with Crippen LogP contribution in [0, 0.1) is 0 Å². The summed E-state index contributed by atoms with van der Waals surface area (Å²) >= 11 is 0. The molecular weight excluding hydrogens is 169 g/mol. The van der Waals surface area contributed by atoms with Crippen LogP contribution in [0.5, 0.6) is 0 Å². The summed E-state index contributed by atoms with van der Waals surface area (Å²) in [7, 11) is -3.20. The fourth-order valence-electron chi connectivity index (χ4n) is 0.356. The molecule has 0 spiro atoms. The lowest BCUT2D eigenvalue weighted by Crippen LogP contribution is -2.13. The number of hydrogen-bond acceptors (Lipinski definition) is 3. The molecule has 0 aliphatic heterocycles. The van der Waals surface area contributed by atoms with Crippen LogP contribution in [-0.4, -0.2) is 28.7 Å². The Morgan fingerprint density at radius 3 is 2.45 bits per heavy atom. The number of carbonyl (C=O) groups is 1. The Morgan fingerprint density at radius 2 is 2.18 bits per heavy atom. The van der Waals surface area contributed by atoms with Crippen molar-refractivity contribution in [2.45, 2.75) is 0 Å². The van der Waals surface area contributed by atoms with E-state index in [2.05, 4.69) is 5.73 Å². The molecule has 5 nitrogen and oxygen atoms in total. The highest BCUT2D eigenvalue weighted by atomic mass is 31.2. The van der Waals surface area contributed by atoms with Gasteiger partial charge < -0.3 is 15.7 Å². The zero-order valence-corrected chi connectivity index (χ0v) is 6.91. The average Bonchev–Trinajstić information content (AvgIpc) is 1.80. The summed E-state index contributed by atoms with van der Waals surface area (Å²) < 4.78 is 10.6. The first-order valence-corrected chi connectivity index (χ1v) is 5.10. The van der Waals surface area contributed by atoms with Crippen molar-refractivity contribution in [3.05, 3.63) is 11.8 Å². The zero-order chi connectivity index (χ0) is 9.07. The monoisotopic (exact) mass is 179 g/mol. The molecule has 6 heteroatoms. The number of amides is 1. The molecule has 0 aliphatic carbocycles. The Hall–Kier alpha value is -0.800. The van der Waals surface area contributed by atoms with E-state index in [1.807, 2.05) is 0 Å². The Morgan fingerprint density at radius 1 is 1.73 bits per heavy atom. The fraction of sp³-hybridized carbons (Fsp3) is 0.400. The van der Waals surface area contributed by atoms with Crippen molar-refractivity contribution in [1.82, 2.24) is 0 Å². The molecule has 0 bridgehead atoms. The van der Waals surface area contributed by atoms with Crippen molar-refractivity contribution in [2.24, 2.45) is 5.73 Å². The molecular formula is C5H10NO4P. The second-order valence-corrected chi connectivity index (χ2v) is 4.65. The van der Waals surface area contributed by atoms with Gasteiger partial charge in [-0.25, -0.2) is 0 Å². The minimum atomic E-state index is -3.20. The van der Waals surface area contributed by atoms with Crippen molar-refractivity contribution in [3.8, 4) is 0 Å². The van der Waals surface area contributed by atoms with Gasteiger partial charge in [0.15, 0.2) is 5.76 Å². The molecule has 1 atom stereocenters. The van der Waals surface area contributed by atoms with E-state index in [0.717, 1.165) is 12.7 Å². The van der Waals surface area contributed by atoms with Gasteiger partial charge in [-0.3, -0.25) is 9.36 Å². The highest BCUT2D eigenvalue weighted by molar-refractivity contribution is 7.57. The number of aliphatic hydroxyl groups is 1. The van der Waals surface area contributed by atoms with Gasteiger partial charge >= 0.3 is 0 Å². The first-order chi connectivity index (χ1) is 4.83. The smallest absolute Gasteiger partial charge is 0.283 e. The number of primary amides is 1. The maximum Gasteiger partial charge on any atom is 0.283 e. The summed E-state index contributed by atoms with van der Waals surface area (Å²) in [6.07, 6.45) is 0.685. The number of carbonyl (C=O) groups excluding carboxylic acids is 1. The Balaban J connectivity index is 4.15. The quantitative estimate of drug-likeness (QED) is 0.317. The highest BCUT2D eigenvalue weighted by Crippen LogP contribution is 2.34. The van der Waals surface area contributed by atoms with Crippen molar-refractivity contribution in [1.29, 1.82) is 0 Å². The van der Waals surface area contributed by atoms with Crippen LogP contribution in [0.25, 0.3) is 0 Å². The van der Waals surface area contributed by atoms with Gasteiger partial charge in [-0.15, -0.1) is 0 Å². The largest absolute Gasteiger partial charge is 0.503 e. The second-order valence-electron chi connectivity index (χ2n) is 2.19. The minimum absolute atomic E-state index is 0.248. The van der Waals surface area contributed by atoms with Gasteiger partial charge in [-0.05, 0) is 6.08 Å². The summed E-state index contributed by atoms with van der Waals surface area (Å²) in [4.78, 5) is 18.8. The molecule has 0 fully saturated rings. The SMILES string of the molecule is CP(=O)(O)C/C=C(/O)C(N)=O. The van der Waals surface area contributed by atoms with Gasteiger partial charge in [-0.1, -0.05) is 0 Å². The second kappa shape index (κ2) is 3.55. The van der Waals surface area contributed by atoms with E-state index in [4.69, 9.17) is 10.00 Å². The molecule has 64 valence electrons. The average molecular weight is 179 g/mol. The third-order valence-corrected chi connectivity index (χ3v) is 1.74. The van der Waals surface area contributed by atoms with E-state index in [9.17, 15) is 9.36 Å². The van der Waals surface area contributed by atoms with Gasteiger partial charge in [0.1, 0.15) is 0 Å². The molecule has 1 amide bonds. The fourth-order valence-corrected chi connectivity index (χ4v) is 0.868. The van der Waals surface area contributed by atoms with E-state index in [1.165, 1.54) is 0 Å². The summed E-state index contributed by atoms with van der Waals surface area (Å²) in [5.41, 5.74) is 4.64. The lowest BCUT2D eigenvalue weighted by molar-refractivity contribution is -0.116. The molecule has 0 aliphatic rings. The molecule has 0 radical (unpaired) electrons. The molecule has 0 aromatic carbocycles. The maximum absolute atomic E-state index is 10.6. The van der Waals surface area contributed by atoms with Crippen LogP contribution >= 0.6 is 7.37 Å². The third kappa shape index (κ3) is 5.63. The van der Waals surface area contributed by atoms with E-state index in [0.29, 0.717) is 0 Å². The van der Waals surface area contributed by atoms with Gasteiger partial charge in [0.2, 0.25) is 7.37 Å². The normalized spacial score (nSPS) is 17.5. The minimum Gasteiger partial charge on any atom is -0.503 e. The molecule has 1 unspecified atom stereocenters. The lowest BCUT2D eigenvalue weighted by Gasteiger charge is -1.99. The predicted molar refractivity (Wildman–Crippen MR) is 40.5 cm³/mol. The van der Waals surface area contributed by atoms with Crippen LogP contribution in [0.2, 0.25) is 0 Å². The molecule has 4 N–H and O–H groups in total. The number of rotatable bonds is 3. The van der Waals surface area contributed by atoms with Crippen LogP contribution in [-0.2, 0) is 9.36 Å². The van der Waals surface area contributed by atoms with Gasteiger partial charge in [0.25, 0.3) is 5.91 Å². The van der Waals surface area contributed by atoms with E-state index in [-0.39, 0.29) is 6.16 Å². The van der Waals surface area contributed by atoms with Crippen LogP contribution < -0.4 is 5.73 Å². The van der Waals surface area contributed by atoms with Crippen LogP contribution in [0.1, 0.15) is 0 Å². The Kier molecular flexibility index (Phi) is 3.29. The van der Waals surface area contributed by atoms with Crippen LogP contribution in [0.15, 0.2) is 11.8 Å². The summed E-state index contributed by atoms with van der Waals surface area (Å²) in [6, 6.07) is 0. The Labute approximate surface area is 64.0 Å². The standard InChI is InChI=1S/C5H10NO4P/c1-11(9,10)3-2-4(7)5(6)8/h2,7H,3H2,1H3,(H2,6,8)(H,9,10)/b4-2+. The molecule has 11 heavy (non-hydrogen) atoms. The van der Waals surface area contributed by atoms with Crippen molar-refractivity contribution in [2.75, 3.05) is 12.8 Å². The van der Waals surface area contributed by atoms with E-state index in [1.54, 1.807) is 0 Å². The molecule has 0 rings (SSSR count).